The third-order valence-electron chi connectivity index (χ3n) is 2.55. The van der Waals surface area contributed by atoms with Gasteiger partial charge in [0.1, 0.15) is 0 Å². The summed E-state index contributed by atoms with van der Waals surface area (Å²) in [5, 5.41) is 9.01. The molecule has 88 valence electrons. The highest BCUT2D eigenvalue weighted by atomic mass is 16.3. The van der Waals surface area contributed by atoms with E-state index in [0.717, 1.165) is 32.5 Å². The lowest BCUT2D eigenvalue weighted by atomic mass is 10.2. The Labute approximate surface area is 98.2 Å². The van der Waals surface area contributed by atoms with Crippen LogP contribution < -0.4 is 0 Å². The number of hydrogen-bond donors (Lipinski definition) is 1. The minimum absolute atomic E-state index is 0.223. The van der Waals surface area contributed by atoms with E-state index in [2.05, 4.69) is 35.7 Å². The average molecular weight is 219 g/mol. The molecule has 2 heteroatoms. The molecule has 16 heavy (non-hydrogen) atoms. The first-order valence-corrected chi connectivity index (χ1v) is 5.85. The van der Waals surface area contributed by atoms with Crippen molar-refractivity contribution in [3.63, 3.8) is 0 Å². The van der Waals surface area contributed by atoms with Gasteiger partial charge in [0.15, 0.2) is 0 Å². The molecule has 0 aromatic heterocycles. The Morgan fingerprint density at radius 2 is 1.94 bits per heavy atom. The van der Waals surface area contributed by atoms with Gasteiger partial charge in [-0.2, -0.15) is 0 Å². The maximum absolute atomic E-state index is 9.01. The van der Waals surface area contributed by atoms with Crippen molar-refractivity contribution in [2.24, 2.45) is 0 Å². The van der Waals surface area contributed by atoms with Crippen LogP contribution >= 0.6 is 0 Å². The van der Waals surface area contributed by atoms with E-state index in [1.807, 2.05) is 12.1 Å². The maximum atomic E-state index is 9.01. The van der Waals surface area contributed by atoms with Crippen molar-refractivity contribution in [1.82, 2.24) is 4.90 Å². The van der Waals surface area contributed by atoms with Crippen LogP contribution in [0.4, 0.5) is 0 Å². The van der Waals surface area contributed by atoms with Gasteiger partial charge in [0, 0.05) is 13.1 Å². The Bertz CT molecular complexity index is 284. The van der Waals surface area contributed by atoms with Crippen molar-refractivity contribution in [1.29, 1.82) is 0 Å². The van der Waals surface area contributed by atoms with E-state index in [1.165, 1.54) is 5.56 Å². The van der Waals surface area contributed by atoms with Crippen molar-refractivity contribution < 1.29 is 5.11 Å². The van der Waals surface area contributed by atoms with Gasteiger partial charge in [0.25, 0.3) is 0 Å². The lowest BCUT2D eigenvalue weighted by Crippen LogP contribution is -2.27. The lowest BCUT2D eigenvalue weighted by Gasteiger charge is -2.21. The van der Waals surface area contributed by atoms with Gasteiger partial charge in [-0.3, -0.25) is 4.90 Å². The van der Waals surface area contributed by atoms with Gasteiger partial charge in [0.05, 0.1) is 6.61 Å². The molecule has 0 aliphatic rings. The zero-order chi connectivity index (χ0) is 11.6. The third kappa shape index (κ3) is 5.10. The van der Waals surface area contributed by atoms with Crippen molar-refractivity contribution >= 4 is 0 Å². The van der Waals surface area contributed by atoms with Crippen LogP contribution in [0.3, 0.4) is 0 Å². The van der Waals surface area contributed by atoms with Gasteiger partial charge >= 0.3 is 0 Å². The number of nitrogens with zero attached hydrogens (tertiary/aromatic N) is 1. The Morgan fingerprint density at radius 3 is 2.56 bits per heavy atom. The van der Waals surface area contributed by atoms with Crippen LogP contribution in [0.1, 0.15) is 18.4 Å². The minimum atomic E-state index is 0.223. The molecule has 0 atom stereocenters. The van der Waals surface area contributed by atoms with Crippen LogP contribution in [0, 0.1) is 0 Å². The Hall–Kier alpha value is -1.12. The molecule has 0 aliphatic carbocycles. The van der Waals surface area contributed by atoms with E-state index in [1.54, 1.807) is 0 Å². The smallest absolute Gasteiger partial charge is 0.0558 e. The highest BCUT2D eigenvalue weighted by Crippen LogP contribution is 2.05. The number of aliphatic hydroxyl groups is 1. The molecular formula is C14H21NO. The maximum Gasteiger partial charge on any atom is 0.0558 e. The fourth-order valence-electron chi connectivity index (χ4n) is 1.71. The van der Waals surface area contributed by atoms with Crippen molar-refractivity contribution in [3.8, 4) is 0 Å². The summed E-state index contributed by atoms with van der Waals surface area (Å²) in [5.74, 6) is 0. The summed E-state index contributed by atoms with van der Waals surface area (Å²) in [6.45, 7) is 6.62. The van der Waals surface area contributed by atoms with E-state index in [9.17, 15) is 0 Å². The van der Waals surface area contributed by atoms with E-state index in [0.29, 0.717) is 0 Å². The molecule has 2 nitrogen and oxygen atoms in total. The van der Waals surface area contributed by atoms with Crippen molar-refractivity contribution in [2.45, 2.75) is 19.4 Å². The number of rotatable bonds is 8. The normalized spacial score (nSPS) is 10.6. The summed E-state index contributed by atoms with van der Waals surface area (Å²) < 4.78 is 0. The largest absolute Gasteiger partial charge is 0.395 e. The molecule has 0 bridgehead atoms. The minimum Gasteiger partial charge on any atom is -0.395 e. The monoisotopic (exact) mass is 219 g/mol. The molecular weight excluding hydrogens is 198 g/mol. The first-order chi connectivity index (χ1) is 7.86. The van der Waals surface area contributed by atoms with Crippen LogP contribution in [0.25, 0.3) is 0 Å². The molecule has 0 heterocycles. The van der Waals surface area contributed by atoms with E-state index in [-0.39, 0.29) is 6.61 Å². The first kappa shape index (κ1) is 12.9. The second-order valence-electron chi connectivity index (χ2n) is 3.92. The Morgan fingerprint density at radius 1 is 1.19 bits per heavy atom. The molecule has 0 spiro atoms. The topological polar surface area (TPSA) is 23.5 Å². The van der Waals surface area contributed by atoms with E-state index >= 15 is 0 Å². The molecule has 0 radical (unpaired) electrons. The highest BCUT2D eigenvalue weighted by Gasteiger charge is 2.04. The molecule has 0 amide bonds. The third-order valence-corrected chi connectivity index (χ3v) is 2.55. The standard InChI is InChI=1S/C14H21NO/c1-2-3-7-10-15(11-12-16)13-14-8-5-4-6-9-14/h2,4-6,8-9,16H,1,3,7,10-13H2. The number of hydrogen-bond acceptors (Lipinski definition) is 2. The lowest BCUT2D eigenvalue weighted by molar-refractivity contribution is 0.189. The Balaban J connectivity index is 2.40. The van der Waals surface area contributed by atoms with Crippen LogP contribution in [0.5, 0.6) is 0 Å². The summed E-state index contributed by atoms with van der Waals surface area (Å²) in [4.78, 5) is 2.28. The summed E-state index contributed by atoms with van der Waals surface area (Å²) in [6, 6.07) is 10.4. The second-order valence-corrected chi connectivity index (χ2v) is 3.92. The highest BCUT2D eigenvalue weighted by molar-refractivity contribution is 5.14. The molecule has 1 rings (SSSR count). The molecule has 0 unspecified atom stereocenters. The number of benzene rings is 1. The average Bonchev–Trinajstić information content (AvgIpc) is 2.31. The SMILES string of the molecule is C=CCCCN(CCO)Cc1ccccc1. The molecule has 1 aromatic carbocycles. The summed E-state index contributed by atoms with van der Waals surface area (Å²) in [7, 11) is 0. The van der Waals surface area contributed by atoms with Gasteiger partial charge in [-0.1, -0.05) is 36.4 Å². The van der Waals surface area contributed by atoms with E-state index < -0.39 is 0 Å². The van der Waals surface area contributed by atoms with Crippen molar-refractivity contribution in [2.75, 3.05) is 19.7 Å². The molecule has 1 N–H and O–H groups in total. The predicted molar refractivity (Wildman–Crippen MR) is 68.2 cm³/mol. The van der Waals surface area contributed by atoms with Crippen LogP contribution in [0.15, 0.2) is 43.0 Å². The summed E-state index contributed by atoms with van der Waals surface area (Å²) >= 11 is 0. The van der Waals surface area contributed by atoms with Gasteiger partial charge in [-0.15, -0.1) is 6.58 Å². The molecule has 1 aromatic rings. The zero-order valence-corrected chi connectivity index (χ0v) is 9.81. The summed E-state index contributed by atoms with van der Waals surface area (Å²) in [5.41, 5.74) is 1.30. The van der Waals surface area contributed by atoms with Crippen LogP contribution in [0.2, 0.25) is 0 Å². The van der Waals surface area contributed by atoms with Gasteiger partial charge in [0.2, 0.25) is 0 Å². The number of aliphatic hydroxyl groups excluding tert-OH is 1. The van der Waals surface area contributed by atoms with Crippen LogP contribution in [-0.4, -0.2) is 29.7 Å². The second kappa shape index (κ2) is 8.08. The van der Waals surface area contributed by atoms with Gasteiger partial charge < -0.3 is 5.11 Å². The molecule has 0 saturated carbocycles. The number of allylic oxidation sites excluding steroid dienone is 1. The molecule has 0 saturated heterocycles. The van der Waals surface area contributed by atoms with Gasteiger partial charge in [-0.05, 0) is 24.9 Å². The zero-order valence-electron chi connectivity index (χ0n) is 9.81. The fourth-order valence-corrected chi connectivity index (χ4v) is 1.71. The predicted octanol–water partition coefficient (Wildman–Crippen LogP) is 2.45. The van der Waals surface area contributed by atoms with Crippen LogP contribution in [-0.2, 0) is 6.54 Å². The Kier molecular flexibility index (Phi) is 6.54. The van der Waals surface area contributed by atoms with Crippen molar-refractivity contribution in [3.05, 3.63) is 48.6 Å². The van der Waals surface area contributed by atoms with Gasteiger partial charge in [-0.25, -0.2) is 0 Å². The summed E-state index contributed by atoms with van der Waals surface area (Å²) in [6.07, 6.45) is 4.09. The molecule has 0 fully saturated rings. The fraction of sp³-hybridized carbons (Fsp3) is 0.429. The first-order valence-electron chi connectivity index (χ1n) is 5.85. The van der Waals surface area contributed by atoms with E-state index in [4.69, 9.17) is 5.11 Å². The quantitative estimate of drug-likeness (QED) is 0.536. The molecule has 0 aliphatic heterocycles. The number of unbranched alkanes of at least 4 members (excludes halogenated alkanes) is 1.